The van der Waals surface area contributed by atoms with Crippen molar-refractivity contribution in [3.8, 4) is 0 Å². The van der Waals surface area contributed by atoms with Gasteiger partial charge in [-0.25, -0.2) is 0 Å². The van der Waals surface area contributed by atoms with E-state index in [1.807, 2.05) is 32.7 Å². The van der Waals surface area contributed by atoms with Gasteiger partial charge in [0.2, 0.25) is 5.91 Å². The Hall–Kier alpha value is -2.14. The van der Waals surface area contributed by atoms with Gasteiger partial charge < -0.3 is 9.80 Å². The second kappa shape index (κ2) is 6.06. The lowest BCUT2D eigenvalue weighted by atomic mass is 10.0. The molecular formula is C19H20N2O2S. The first-order valence-corrected chi connectivity index (χ1v) is 9.22. The van der Waals surface area contributed by atoms with Crippen molar-refractivity contribution >= 4 is 23.2 Å². The van der Waals surface area contributed by atoms with E-state index >= 15 is 0 Å². The van der Waals surface area contributed by atoms with Gasteiger partial charge in [0.1, 0.15) is 0 Å². The molecule has 2 aliphatic rings. The van der Waals surface area contributed by atoms with Crippen LogP contribution < -0.4 is 0 Å². The van der Waals surface area contributed by atoms with Crippen molar-refractivity contribution in [2.45, 2.75) is 13.5 Å². The molecule has 0 N–H and O–H groups in total. The molecule has 1 aromatic carbocycles. The zero-order valence-electron chi connectivity index (χ0n) is 13.6. The topological polar surface area (TPSA) is 40.6 Å². The number of hydrogen-bond acceptors (Lipinski definition) is 3. The van der Waals surface area contributed by atoms with E-state index in [0.717, 1.165) is 12.1 Å². The fourth-order valence-corrected chi connectivity index (χ4v) is 4.48. The van der Waals surface area contributed by atoms with Crippen molar-refractivity contribution < 1.29 is 9.59 Å². The summed E-state index contributed by atoms with van der Waals surface area (Å²) in [5.41, 5.74) is 3.13. The second-order valence-corrected chi connectivity index (χ2v) is 7.58. The molecule has 5 heteroatoms. The highest BCUT2D eigenvalue weighted by Crippen LogP contribution is 2.34. The Morgan fingerprint density at radius 1 is 1.25 bits per heavy atom. The number of carbonyl (C=O) groups is 2. The van der Waals surface area contributed by atoms with Crippen LogP contribution in [-0.2, 0) is 11.3 Å². The molecule has 2 atom stereocenters. The van der Waals surface area contributed by atoms with Crippen molar-refractivity contribution in [2.75, 3.05) is 19.6 Å². The largest absolute Gasteiger partial charge is 0.338 e. The first-order chi connectivity index (χ1) is 11.6. The van der Waals surface area contributed by atoms with E-state index in [9.17, 15) is 9.59 Å². The van der Waals surface area contributed by atoms with Crippen molar-refractivity contribution in [3.05, 3.63) is 57.8 Å². The highest BCUT2D eigenvalue weighted by atomic mass is 32.1. The van der Waals surface area contributed by atoms with Gasteiger partial charge in [-0.15, -0.1) is 0 Å². The Balaban J connectivity index is 1.42. The van der Waals surface area contributed by atoms with Crippen LogP contribution >= 0.6 is 11.3 Å². The predicted molar refractivity (Wildman–Crippen MR) is 93.8 cm³/mol. The Labute approximate surface area is 145 Å². The number of fused-ring (bicyclic) bond motifs is 1. The molecule has 2 fully saturated rings. The van der Waals surface area contributed by atoms with E-state index in [0.29, 0.717) is 19.6 Å². The van der Waals surface area contributed by atoms with Gasteiger partial charge in [-0.3, -0.25) is 9.59 Å². The number of carbonyl (C=O) groups excluding carboxylic acids is 2. The average Bonchev–Trinajstić information content (AvgIpc) is 3.27. The summed E-state index contributed by atoms with van der Waals surface area (Å²) in [5.74, 6) is 0.494. The number of rotatable bonds is 3. The number of amides is 2. The fourth-order valence-electron chi connectivity index (χ4n) is 3.85. The molecule has 24 heavy (non-hydrogen) atoms. The van der Waals surface area contributed by atoms with E-state index in [4.69, 9.17) is 0 Å². The minimum Gasteiger partial charge on any atom is -0.338 e. The van der Waals surface area contributed by atoms with E-state index in [1.165, 1.54) is 22.5 Å². The molecule has 2 amide bonds. The molecule has 0 spiro atoms. The average molecular weight is 340 g/mol. The Morgan fingerprint density at radius 3 is 2.83 bits per heavy atom. The van der Waals surface area contributed by atoms with E-state index < -0.39 is 0 Å². The SMILES string of the molecule is Cc1cccc(CN2C[C@@H]3CN(C(=O)c4ccsc4)C[C@@H]3C2=O)c1. The summed E-state index contributed by atoms with van der Waals surface area (Å²) in [4.78, 5) is 29.0. The minimum absolute atomic E-state index is 0.0302. The molecule has 4 nitrogen and oxygen atoms in total. The Kier molecular flexibility index (Phi) is 3.88. The standard InChI is InChI=1S/C19H20N2O2S/c1-13-3-2-4-14(7-13)8-20-9-16-10-21(11-17(16)19(20)23)18(22)15-5-6-24-12-15/h2-7,12,16-17H,8-11H2,1H3/t16-,17+/m1/s1. The number of likely N-dealkylation sites (tertiary alicyclic amines) is 2. The van der Waals surface area contributed by atoms with Gasteiger partial charge in [-0.1, -0.05) is 29.8 Å². The van der Waals surface area contributed by atoms with Gasteiger partial charge in [-0.05, 0) is 23.9 Å². The molecule has 3 heterocycles. The van der Waals surface area contributed by atoms with Crippen LogP contribution in [0.3, 0.4) is 0 Å². The van der Waals surface area contributed by atoms with Crippen LogP contribution in [-0.4, -0.2) is 41.2 Å². The van der Waals surface area contributed by atoms with Crippen molar-refractivity contribution in [1.29, 1.82) is 0 Å². The van der Waals surface area contributed by atoms with Crippen LogP contribution in [0.5, 0.6) is 0 Å². The first kappa shape index (κ1) is 15.4. The summed E-state index contributed by atoms with van der Waals surface area (Å²) < 4.78 is 0. The Bertz CT molecular complexity index is 771. The van der Waals surface area contributed by atoms with Crippen LogP contribution in [0.4, 0.5) is 0 Å². The number of aryl methyl sites for hydroxylation is 1. The zero-order chi connectivity index (χ0) is 16.7. The third kappa shape index (κ3) is 2.73. The lowest BCUT2D eigenvalue weighted by Crippen LogP contribution is -2.35. The normalized spacial score (nSPS) is 23.0. The molecule has 2 aliphatic heterocycles. The van der Waals surface area contributed by atoms with Crippen LogP contribution in [0.1, 0.15) is 21.5 Å². The van der Waals surface area contributed by atoms with E-state index in [2.05, 4.69) is 25.1 Å². The van der Waals surface area contributed by atoms with Crippen molar-refractivity contribution in [2.24, 2.45) is 11.8 Å². The third-order valence-corrected chi connectivity index (χ3v) is 5.72. The van der Waals surface area contributed by atoms with Gasteiger partial charge >= 0.3 is 0 Å². The number of hydrogen-bond donors (Lipinski definition) is 0. The van der Waals surface area contributed by atoms with Crippen molar-refractivity contribution in [3.63, 3.8) is 0 Å². The van der Waals surface area contributed by atoms with E-state index in [1.54, 1.807) is 0 Å². The van der Waals surface area contributed by atoms with Gasteiger partial charge in [0.25, 0.3) is 5.91 Å². The summed E-state index contributed by atoms with van der Waals surface area (Å²) in [6, 6.07) is 10.2. The maximum absolute atomic E-state index is 12.7. The minimum atomic E-state index is -0.0302. The second-order valence-electron chi connectivity index (χ2n) is 6.80. The Morgan fingerprint density at radius 2 is 2.12 bits per heavy atom. The number of nitrogens with zero attached hydrogens (tertiary/aromatic N) is 2. The number of benzene rings is 1. The smallest absolute Gasteiger partial charge is 0.254 e. The molecule has 1 aromatic heterocycles. The summed E-state index contributed by atoms with van der Waals surface area (Å²) in [5, 5.41) is 3.79. The molecule has 2 aromatic rings. The monoisotopic (exact) mass is 340 g/mol. The summed E-state index contributed by atoms with van der Waals surface area (Å²) in [6.45, 7) is 4.74. The lowest BCUT2D eigenvalue weighted by Gasteiger charge is -2.22. The molecule has 0 bridgehead atoms. The molecular weight excluding hydrogens is 320 g/mol. The van der Waals surface area contributed by atoms with Gasteiger partial charge in [0.05, 0.1) is 11.5 Å². The van der Waals surface area contributed by atoms with Crippen LogP contribution in [0.25, 0.3) is 0 Å². The summed E-state index contributed by atoms with van der Waals surface area (Å²) in [7, 11) is 0. The predicted octanol–water partition coefficient (Wildman–Crippen LogP) is 2.79. The third-order valence-electron chi connectivity index (χ3n) is 5.04. The molecule has 2 saturated heterocycles. The van der Waals surface area contributed by atoms with Crippen molar-refractivity contribution in [1.82, 2.24) is 9.80 Å². The van der Waals surface area contributed by atoms with E-state index in [-0.39, 0.29) is 23.7 Å². The molecule has 124 valence electrons. The van der Waals surface area contributed by atoms with Gasteiger partial charge in [0.15, 0.2) is 0 Å². The van der Waals surface area contributed by atoms with Crippen LogP contribution in [0.2, 0.25) is 0 Å². The lowest BCUT2D eigenvalue weighted by molar-refractivity contribution is -0.131. The number of thiophene rings is 1. The molecule has 0 unspecified atom stereocenters. The zero-order valence-corrected chi connectivity index (χ0v) is 14.5. The summed E-state index contributed by atoms with van der Waals surface area (Å²) in [6.07, 6.45) is 0. The highest BCUT2D eigenvalue weighted by molar-refractivity contribution is 7.08. The maximum atomic E-state index is 12.7. The highest BCUT2D eigenvalue weighted by Gasteiger charge is 2.47. The maximum Gasteiger partial charge on any atom is 0.254 e. The van der Waals surface area contributed by atoms with Crippen LogP contribution in [0.15, 0.2) is 41.1 Å². The molecule has 0 aliphatic carbocycles. The molecule has 4 rings (SSSR count). The molecule has 0 radical (unpaired) electrons. The quantitative estimate of drug-likeness (QED) is 0.862. The molecule has 0 saturated carbocycles. The van der Waals surface area contributed by atoms with Gasteiger partial charge in [-0.2, -0.15) is 11.3 Å². The first-order valence-electron chi connectivity index (χ1n) is 8.27. The summed E-state index contributed by atoms with van der Waals surface area (Å²) >= 11 is 1.53. The fraction of sp³-hybridized carbons (Fsp3) is 0.368. The van der Waals surface area contributed by atoms with Crippen LogP contribution in [0, 0.1) is 18.8 Å². The van der Waals surface area contributed by atoms with Gasteiger partial charge in [0, 0.05) is 37.5 Å².